The van der Waals surface area contributed by atoms with E-state index < -0.39 is 116 Å². The normalized spacial score (nSPS) is 24.3. The van der Waals surface area contributed by atoms with E-state index in [9.17, 15) is 58.4 Å². The highest BCUT2D eigenvalue weighted by Gasteiger charge is 2.46. The summed E-state index contributed by atoms with van der Waals surface area (Å²) in [7, 11) is 0. The number of amides is 6. The van der Waals surface area contributed by atoms with Gasteiger partial charge >= 0.3 is 5.97 Å². The van der Waals surface area contributed by atoms with E-state index in [1.54, 1.807) is 30.3 Å². The van der Waals surface area contributed by atoms with Crippen molar-refractivity contribution in [2.45, 2.75) is 119 Å². The standard InChI is InChI=1S/C42H60FN15O12/c43-13-6-10-24-20-57(55-53-24)22-32(60)48-18-30-34(63)35(64)36(65)37(70-30)41(69)46-14-5-4-12-29-40(68)51-25(11-7-15-47-42(44)45)38(66)49-19-31(59)50-27(17-33(61)62)39(67)52-26(28-21-58(29)56-54-28)16-23-8-2-1-3-9-23/h1-3,8-9,20-21,25-27,29-30,34-37,63-65H,4-7,10-19,22H2,(H,46,69)(H,48,60)(H,49,66)(H,50,59)(H,51,68)(H,52,67)(H,61,62)(H4,44,45,47)/t25-,26-,27-,29-,30+,34?,35-,36-,37?/m0/s1. The molecule has 2 aliphatic heterocycles. The number of aryl methyl sites for hydroxylation is 1. The quantitative estimate of drug-likeness (QED) is 0.0272. The average molecular weight is 986 g/mol. The molecule has 70 heavy (non-hydrogen) atoms. The van der Waals surface area contributed by atoms with Gasteiger partial charge in [-0.3, -0.25) is 43.4 Å². The van der Waals surface area contributed by atoms with Crippen molar-refractivity contribution in [2.75, 3.05) is 32.9 Å². The number of benzene rings is 1. The van der Waals surface area contributed by atoms with Crippen LogP contribution in [0.5, 0.6) is 0 Å². The Balaban J connectivity index is 1.28. The van der Waals surface area contributed by atoms with E-state index in [1.807, 2.05) is 0 Å². The van der Waals surface area contributed by atoms with Crippen LogP contribution in [0.15, 0.2) is 42.7 Å². The molecule has 0 saturated carbocycles. The minimum atomic E-state index is -1.85. The molecule has 1 fully saturated rings. The molecule has 28 heteroatoms. The zero-order chi connectivity index (χ0) is 50.7. The molecular weight excluding hydrogens is 926 g/mol. The molecule has 1 aromatic carbocycles. The number of halogens is 1. The molecule has 0 aliphatic carbocycles. The number of alkyl halides is 1. The monoisotopic (exact) mass is 985 g/mol. The summed E-state index contributed by atoms with van der Waals surface area (Å²) < 4.78 is 20.7. The Morgan fingerprint density at radius 2 is 1.57 bits per heavy atom. The third-order valence-corrected chi connectivity index (χ3v) is 11.3. The van der Waals surface area contributed by atoms with Gasteiger partial charge in [-0.1, -0.05) is 40.8 Å². The van der Waals surface area contributed by atoms with E-state index in [-0.39, 0.29) is 82.8 Å². The van der Waals surface area contributed by atoms with E-state index in [1.165, 1.54) is 21.8 Å². The van der Waals surface area contributed by atoms with E-state index in [2.05, 4.69) is 57.8 Å². The third kappa shape index (κ3) is 16.2. The molecular formula is C42H60FN15O12. The van der Waals surface area contributed by atoms with Crippen LogP contribution in [0.1, 0.15) is 74.0 Å². The average Bonchev–Trinajstić information content (AvgIpc) is 4.00. The highest BCUT2D eigenvalue weighted by atomic mass is 19.1. The van der Waals surface area contributed by atoms with Crippen molar-refractivity contribution in [1.29, 1.82) is 5.41 Å². The lowest BCUT2D eigenvalue weighted by atomic mass is 9.94. The maximum Gasteiger partial charge on any atom is 0.305 e. The highest BCUT2D eigenvalue weighted by Crippen LogP contribution is 2.23. The Morgan fingerprint density at radius 1 is 0.829 bits per heavy atom. The van der Waals surface area contributed by atoms with Gasteiger partial charge in [0.1, 0.15) is 54.8 Å². The van der Waals surface area contributed by atoms with Gasteiger partial charge in [0.2, 0.25) is 29.5 Å². The summed E-state index contributed by atoms with van der Waals surface area (Å²) in [5.74, 6) is -6.35. The Bertz CT molecular complexity index is 2270. The highest BCUT2D eigenvalue weighted by molar-refractivity contribution is 5.94. The number of guanidine groups is 1. The molecule has 2 aliphatic rings. The minimum absolute atomic E-state index is 0.00530. The molecule has 2 unspecified atom stereocenters. The first-order chi connectivity index (χ1) is 33.5. The first-order valence-electron chi connectivity index (χ1n) is 22.6. The summed E-state index contributed by atoms with van der Waals surface area (Å²) in [6.07, 6.45) is -4.79. The molecule has 1 saturated heterocycles. The van der Waals surface area contributed by atoms with E-state index in [0.29, 0.717) is 12.1 Å². The molecule has 6 amide bonds. The maximum absolute atomic E-state index is 14.2. The number of carboxylic acid groups (broad SMARTS) is 1. The summed E-state index contributed by atoms with van der Waals surface area (Å²) in [5, 5.41) is 83.1. The van der Waals surface area contributed by atoms with Gasteiger partial charge in [-0.15, -0.1) is 10.2 Å². The van der Waals surface area contributed by atoms with Gasteiger partial charge in [0.05, 0.1) is 37.6 Å². The van der Waals surface area contributed by atoms with Crippen LogP contribution in [0, 0.1) is 5.41 Å². The van der Waals surface area contributed by atoms with Crippen LogP contribution in [0.2, 0.25) is 0 Å². The van der Waals surface area contributed by atoms with Crippen molar-refractivity contribution in [1.82, 2.24) is 67.2 Å². The van der Waals surface area contributed by atoms with Crippen LogP contribution >= 0.6 is 0 Å². The number of nitrogens with two attached hydrogens (primary N) is 1. The molecule has 2 aromatic heterocycles. The van der Waals surface area contributed by atoms with Crippen LogP contribution in [0.4, 0.5) is 4.39 Å². The zero-order valence-corrected chi connectivity index (χ0v) is 38.0. The second-order valence-electron chi connectivity index (χ2n) is 16.7. The number of hydrogen-bond donors (Lipinski definition) is 13. The number of carbonyl (C=O) groups is 7. The first kappa shape index (κ1) is 53.8. The molecule has 27 nitrogen and oxygen atoms in total. The van der Waals surface area contributed by atoms with Gasteiger partial charge in [-0.25, -0.2) is 9.36 Å². The molecule has 382 valence electrons. The second kappa shape index (κ2) is 26.5. The number of unbranched alkanes of at least 4 members (excludes halogenated alkanes) is 1. The summed E-state index contributed by atoms with van der Waals surface area (Å²) in [5.41, 5.74) is 6.81. The van der Waals surface area contributed by atoms with Gasteiger partial charge in [-0.05, 0) is 56.9 Å². The van der Waals surface area contributed by atoms with E-state index in [4.69, 9.17) is 15.9 Å². The number of aliphatic hydroxyl groups is 3. The van der Waals surface area contributed by atoms with Gasteiger partial charge in [-0.2, -0.15) is 0 Å². The number of aromatic nitrogens is 6. The predicted molar refractivity (Wildman–Crippen MR) is 239 cm³/mol. The third-order valence-electron chi connectivity index (χ3n) is 11.3. The number of carbonyl (C=O) groups excluding carboxylic acids is 6. The van der Waals surface area contributed by atoms with Crippen molar-refractivity contribution >= 4 is 47.4 Å². The fourth-order valence-corrected chi connectivity index (χ4v) is 7.63. The van der Waals surface area contributed by atoms with E-state index in [0.717, 1.165) is 5.56 Å². The number of fused-ring (bicyclic) bond motifs is 2. The Hall–Kier alpha value is -7.17. The molecule has 0 radical (unpaired) electrons. The Morgan fingerprint density at radius 3 is 2.30 bits per heavy atom. The number of aliphatic carboxylic acids is 1. The summed E-state index contributed by atoms with van der Waals surface area (Å²) in [4.78, 5) is 92.1. The van der Waals surface area contributed by atoms with Gasteiger partial charge < -0.3 is 68.1 Å². The zero-order valence-electron chi connectivity index (χ0n) is 38.0. The molecule has 0 spiro atoms. The predicted octanol–water partition coefficient (Wildman–Crippen LogP) is -4.50. The van der Waals surface area contributed by atoms with Gasteiger partial charge in [0.15, 0.2) is 12.1 Å². The molecule has 3 aromatic rings. The second-order valence-corrected chi connectivity index (χ2v) is 16.7. The lowest BCUT2D eigenvalue weighted by Crippen LogP contribution is -2.63. The number of hydrogen-bond acceptors (Lipinski definition) is 16. The number of nitrogens with one attached hydrogen (secondary N) is 8. The van der Waals surface area contributed by atoms with Gasteiger partial charge in [0, 0.05) is 25.8 Å². The van der Waals surface area contributed by atoms with Crippen LogP contribution in [-0.4, -0.2) is 173 Å². The Labute approximate surface area is 399 Å². The largest absolute Gasteiger partial charge is 0.481 e. The van der Waals surface area contributed by atoms with Crippen molar-refractivity contribution in [3.63, 3.8) is 0 Å². The minimum Gasteiger partial charge on any atom is -0.481 e. The smallest absolute Gasteiger partial charge is 0.305 e. The fraction of sp³-hybridized carbons (Fsp3) is 0.571. The lowest BCUT2D eigenvalue weighted by Gasteiger charge is -2.40. The topological polar surface area (TPSA) is 405 Å². The summed E-state index contributed by atoms with van der Waals surface area (Å²) >= 11 is 0. The summed E-state index contributed by atoms with van der Waals surface area (Å²) in [6, 6.07) is 4.02. The van der Waals surface area contributed by atoms with Crippen molar-refractivity contribution in [2.24, 2.45) is 5.73 Å². The first-order valence-corrected chi connectivity index (χ1v) is 22.6. The maximum atomic E-state index is 14.2. The number of ether oxygens (including phenoxy) is 1. The molecule has 4 heterocycles. The number of rotatable bonds is 21. The summed E-state index contributed by atoms with van der Waals surface area (Å²) in [6.45, 7) is -1.73. The van der Waals surface area contributed by atoms with Crippen LogP contribution in [-0.2, 0) is 57.7 Å². The van der Waals surface area contributed by atoms with Crippen LogP contribution < -0.4 is 43.0 Å². The number of nitrogens with zero attached hydrogens (tertiary/aromatic N) is 6. The number of carboxylic acids is 1. The number of aliphatic hydroxyl groups excluding tert-OH is 3. The van der Waals surface area contributed by atoms with Crippen LogP contribution in [0.3, 0.4) is 0 Å². The Kier molecular flexibility index (Phi) is 20.4. The SMILES string of the molecule is N=C(N)NCCC[C@@H]1NC(=O)[C@H](CCCCNC(=O)C2O[C@H](CNC(=O)Cn3cc(CCCF)nn3)C(O)[C@H](O)[C@@H]2O)n2cc(nn2)[C@H](Cc2ccccc2)NC(=O)[C@H](CC(=O)O)NC(=O)CNC1=O. The van der Waals surface area contributed by atoms with Crippen molar-refractivity contribution < 1.29 is 63.1 Å². The van der Waals surface area contributed by atoms with Crippen LogP contribution in [0.25, 0.3) is 0 Å². The van der Waals surface area contributed by atoms with Crippen molar-refractivity contribution in [3.05, 3.63) is 59.7 Å². The van der Waals surface area contributed by atoms with E-state index >= 15 is 0 Å². The fourth-order valence-electron chi connectivity index (χ4n) is 7.63. The molecule has 14 N–H and O–H groups in total. The van der Waals surface area contributed by atoms with Gasteiger partial charge in [0.25, 0.3) is 5.91 Å². The molecule has 5 rings (SSSR count). The molecule has 2 bridgehead atoms. The molecule has 9 atom stereocenters. The van der Waals surface area contributed by atoms with Crippen molar-refractivity contribution in [3.8, 4) is 0 Å². The lowest BCUT2D eigenvalue weighted by molar-refractivity contribution is -0.219.